The smallest absolute Gasteiger partial charge is 0.193 e. The van der Waals surface area contributed by atoms with Crippen LogP contribution in [0, 0.1) is 0 Å². The molecule has 2 nitrogen and oxygen atoms in total. The quantitative estimate of drug-likeness (QED) is 0.269. The van der Waals surface area contributed by atoms with Crippen LogP contribution >= 0.6 is 0 Å². The molecule has 0 fully saturated rings. The molecular weight excluding hydrogens is 306 g/mol. The van der Waals surface area contributed by atoms with Gasteiger partial charge in [0.2, 0.25) is 0 Å². The van der Waals surface area contributed by atoms with Crippen LogP contribution in [0.5, 0.6) is 0 Å². The maximum atomic E-state index is 13.1. The number of rotatable bonds is 2. The molecule has 0 aromatic heterocycles. The molecular formula is C23H15NO. The van der Waals surface area contributed by atoms with Gasteiger partial charge in [-0.1, -0.05) is 72.8 Å². The largest absolute Gasteiger partial charge is 0.398 e. The molecule has 25 heavy (non-hydrogen) atoms. The van der Waals surface area contributed by atoms with E-state index in [0.29, 0.717) is 16.8 Å². The van der Waals surface area contributed by atoms with Crippen molar-refractivity contribution < 1.29 is 4.79 Å². The summed E-state index contributed by atoms with van der Waals surface area (Å²) in [6.07, 6.45) is 0. The second-order valence-electron chi connectivity index (χ2n) is 6.39. The van der Waals surface area contributed by atoms with Crippen LogP contribution in [-0.2, 0) is 0 Å². The summed E-state index contributed by atoms with van der Waals surface area (Å²) in [4.78, 5) is 13.1. The molecule has 5 aromatic rings. The molecule has 5 aromatic carbocycles. The zero-order valence-corrected chi connectivity index (χ0v) is 13.5. The van der Waals surface area contributed by atoms with Crippen molar-refractivity contribution in [3.05, 3.63) is 90.0 Å². The number of ketones is 1. The van der Waals surface area contributed by atoms with Gasteiger partial charge in [0.25, 0.3) is 0 Å². The summed E-state index contributed by atoms with van der Waals surface area (Å²) < 4.78 is 0. The molecule has 2 heteroatoms. The minimum absolute atomic E-state index is 0.00485. The Bertz CT molecular complexity index is 1240. The summed E-state index contributed by atoms with van der Waals surface area (Å²) in [7, 11) is 0. The average molecular weight is 321 g/mol. The van der Waals surface area contributed by atoms with E-state index in [-0.39, 0.29) is 5.78 Å². The van der Waals surface area contributed by atoms with Crippen LogP contribution in [-0.4, -0.2) is 5.78 Å². The minimum Gasteiger partial charge on any atom is -0.398 e. The van der Waals surface area contributed by atoms with Crippen molar-refractivity contribution in [2.75, 3.05) is 5.73 Å². The highest BCUT2D eigenvalue weighted by Crippen LogP contribution is 2.39. The predicted molar refractivity (Wildman–Crippen MR) is 104 cm³/mol. The molecule has 0 saturated carbocycles. The number of carbonyl (C=O) groups is 1. The molecule has 0 aliphatic carbocycles. The molecule has 0 aliphatic rings. The molecule has 0 amide bonds. The Hall–Kier alpha value is -3.39. The summed E-state index contributed by atoms with van der Waals surface area (Å²) >= 11 is 0. The van der Waals surface area contributed by atoms with Crippen LogP contribution < -0.4 is 5.73 Å². The molecule has 5 rings (SSSR count). The molecule has 0 spiro atoms. The highest BCUT2D eigenvalue weighted by Gasteiger charge is 2.18. The van der Waals surface area contributed by atoms with Crippen molar-refractivity contribution in [3.63, 3.8) is 0 Å². The number of nitrogen functional groups attached to an aromatic ring is 1. The van der Waals surface area contributed by atoms with E-state index in [4.69, 9.17) is 5.73 Å². The fourth-order valence-corrected chi connectivity index (χ4v) is 3.79. The fourth-order valence-electron chi connectivity index (χ4n) is 3.79. The molecule has 2 N–H and O–H groups in total. The van der Waals surface area contributed by atoms with Gasteiger partial charge < -0.3 is 5.73 Å². The topological polar surface area (TPSA) is 43.1 Å². The SMILES string of the molecule is Nc1cc(C(=O)c2ccccc2)c2ccc3cccc4ccc1c2c43. The summed E-state index contributed by atoms with van der Waals surface area (Å²) in [5, 5.41) is 6.55. The van der Waals surface area contributed by atoms with Crippen molar-refractivity contribution in [2.45, 2.75) is 0 Å². The van der Waals surface area contributed by atoms with Gasteiger partial charge in [-0.15, -0.1) is 0 Å². The molecule has 118 valence electrons. The molecule has 0 bridgehead atoms. The number of carbonyl (C=O) groups excluding carboxylic acids is 1. The summed E-state index contributed by atoms with van der Waals surface area (Å²) in [5.41, 5.74) is 8.31. The van der Waals surface area contributed by atoms with Crippen LogP contribution in [0.15, 0.2) is 78.9 Å². The Labute approximate surface area is 144 Å². The first-order valence-corrected chi connectivity index (χ1v) is 8.30. The monoisotopic (exact) mass is 321 g/mol. The van der Waals surface area contributed by atoms with Gasteiger partial charge in [0, 0.05) is 27.6 Å². The van der Waals surface area contributed by atoms with Gasteiger partial charge in [-0.05, 0) is 27.6 Å². The predicted octanol–water partition coefficient (Wildman–Crippen LogP) is 5.40. The van der Waals surface area contributed by atoms with Gasteiger partial charge in [0.15, 0.2) is 5.78 Å². The van der Waals surface area contributed by atoms with Crippen molar-refractivity contribution in [3.8, 4) is 0 Å². The van der Waals surface area contributed by atoms with E-state index in [1.54, 1.807) is 0 Å². The highest BCUT2D eigenvalue weighted by molar-refractivity contribution is 6.30. The Morgan fingerprint density at radius 3 is 2.08 bits per heavy atom. The van der Waals surface area contributed by atoms with Crippen molar-refractivity contribution in [1.29, 1.82) is 0 Å². The number of benzene rings is 5. The zero-order chi connectivity index (χ0) is 17.0. The van der Waals surface area contributed by atoms with Gasteiger partial charge in [0.1, 0.15) is 0 Å². The van der Waals surface area contributed by atoms with Crippen LogP contribution in [0.2, 0.25) is 0 Å². The van der Waals surface area contributed by atoms with Gasteiger partial charge >= 0.3 is 0 Å². The van der Waals surface area contributed by atoms with Crippen LogP contribution in [0.4, 0.5) is 5.69 Å². The molecule has 0 unspecified atom stereocenters. The summed E-state index contributed by atoms with van der Waals surface area (Å²) in [6.45, 7) is 0. The Balaban J connectivity index is 1.93. The third-order valence-corrected chi connectivity index (χ3v) is 4.96. The fraction of sp³-hybridized carbons (Fsp3) is 0. The van der Waals surface area contributed by atoms with E-state index in [0.717, 1.165) is 16.2 Å². The number of hydrogen-bond donors (Lipinski definition) is 1. The van der Waals surface area contributed by atoms with Crippen LogP contribution in [0.25, 0.3) is 32.3 Å². The first-order chi connectivity index (χ1) is 12.2. The van der Waals surface area contributed by atoms with E-state index >= 15 is 0 Å². The molecule has 0 heterocycles. The Morgan fingerprint density at radius 2 is 1.36 bits per heavy atom. The molecule has 0 atom stereocenters. The van der Waals surface area contributed by atoms with Gasteiger partial charge in [-0.2, -0.15) is 0 Å². The van der Waals surface area contributed by atoms with E-state index < -0.39 is 0 Å². The number of nitrogens with two attached hydrogens (primary N) is 1. The van der Waals surface area contributed by atoms with Gasteiger partial charge in [0.05, 0.1) is 0 Å². The van der Waals surface area contributed by atoms with Crippen molar-refractivity contribution in [2.24, 2.45) is 0 Å². The normalized spacial score (nSPS) is 11.5. The molecule has 0 radical (unpaired) electrons. The first-order valence-electron chi connectivity index (χ1n) is 8.30. The minimum atomic E-state index is 0.00485. The maximum absolute atomic E-state index is 13.1. The lowest BCUT2D eigenvalue weighted by atomic mass is 9.89. The Morgan fingerprint density at radius 1 is 0.680 bits per heavy atom. The van der Waals surface area contributed by atoms with Gasteiger partial charge in [-0.3, -0.25) is 4.79 Å². The third-order valence-electron chi connectivity index (χ3n) is 4.96. The lowest BCUT2D eigenvalue weighted by molar-refractivity contribution is 0.104. The molecule has 0 aliphatic heterocycles. The molecule has 0 saturated heterocycles. The van der Waals surface area contributed by atoms with Crippen LogP contribution in [0.3, 0.4) is 0 Å². The zero-order valence-electron chi connectivity index (χ0n) is 13.5. The van der Waals surface area contributed by atoms with Crippen LogP contribution in [0.1, 0.15) is 15.9 Å². The van der Waals surface area contributed by atoms with E-state index in [9.17, 15) is 4.79 Å². The summed E-state index contributed by atoms with van der Waals surface area (Å²) in [5.74, 6) is 0.00485. The lowest BCUT2D eigenvalue weighted by Gasteiger charge is -2.15. The van der Waals surface area contributed by atoms with Gasteiger partial charge in [-0.25, -0.2) is 0 Å². The average Bonchev–Trinajstić information content (AvgIpc) is 2.67. The Kier molecular flexibility index (Phi) is 2.83. The summed E-state index contributed by atoms with van der Waals surface area (Å²) in [6, 6.07) is 25.7. The number of anilines is 1. The highest BCUT2D eigenvalue weighted by atomic mass is 16.1. The first kappa shape index (κ1) is 14.0. The van der Waals surface area contributed by atoms with E-state index in [1.807, 2.05) is 42.5 Å². The lowest BCUT2D eigenvalue weighted by Crippen LogP contribution is -2.04. The third kappa shape index (κ3) is 1.94. The van der Waals surface area contributed by atoms with Crippen molar-refractivity contribution in [1.82, 2.24) is 0 Å². The number of hydrogen-bond acceptors (Lipinski definition) is 2. The second kappa shape index (κ2) is 5.05. The maximum Gasteiger partial charge on any atom is 0.193 e. The second-order valence-corrected chi connectivity index (χ2v) is 6.39. The van der Waals surface area contributed by atoms with Crippen molar-refractivity contribution >= 4 is 43.8 Å². The van der Waals surface area contributed by atoms with E-state index in [2.05, 4.69) is 36.4 Å². The van der Waals surface area contributed by atoms with E-state index in [1.165, 1.54) is 16.2 Å². The standard InChI is InChI=1S/C23H15NO/c24-20-13-19(23(25)16-5-2-1-3-6-16)17-11-9-14-7-4-8-15-10-12-18(20)22(17)21(14)15/h1-13H,24H2.